The van der Waals surface area contributed by atoms with Gasteiger partial charge in [0, 0.05) is 31.5 Å². The van der Waals surface area contributed by atoms with Gasteiger partial charge < -0.3 is 14.6 Å². The highest BCUT2D eigenvalue weighted by molar-refractivity contribution is 6.38. The Bertz CT molecular complexity index is 1120. The minimum atomic E-state index is -1.32. The zero-order valence-corrected chi connectivity index (χ0v) is 18.0. The van der Waals surface area contributed by atoms with Gasteiger partial charge in [-0.1, -0.05) is 32.4 Å². The van der Waals surface area contributed by atoms with Gasteiger partial charge in [0.15, 0.2) is 0 Å². The summed E-state index contributed by atoms with van der Waals surface area (Å²) in [5, 5.41) is 9.56. The maximum absolute atomic E-state index is 15.1. The van der Waals surface area contributed by atoms with Crippen LogP contribution in [0, 0.1) is 11.2 Å². The van der Waals surface area contributed by atoms with Crippen LogP contribution in [0.3, 0.4) is 0 Å². The molecule has 4 rings (SSSR count). The first-order chi connectivity index (χ1) is 14.1. The van der Waals surface area contributed by atoms with Gasteiger partial charge in [-0.05, 0) is 30.7 Å². The van der Waals surface area contributed by atoms with Gasteiger partial charge in [-0.3, -0.25) is 9.79 Å². The van der Waals surface area contributed by atoms with Gasteiger partial charge in [0.05, 0.1) is 27.7 Å². The Balaban J connectivity index is 1.80. The lowest BCUT2D eigenvalue weighted by Gasteiger charge is -2.23. The molecule has 30 heavy (non-hydrogen) atoms. The number of rotatable bonds is 4. The molecule has 0 spiro atoms. The van der Waals surface area contributed by atoms with Crippen LogP contribution >= 0.6 is 11.6 Å². The molecule has 2 fully saturated rings. The van der Waals surface area contributed by atoms with E-state index in [1.54, 1.807) is 4.57 Å². The van der Waals surface area contributed by atoms with Crippen LogP contribution in [-0.4, -0.2) is 41.0 Å². The van der Waals surface area contributed by atoms with E-state index >= 15 is 4.39 Å². The number of hydrogen-bond donors (Lipinski definition) is 1. The highest BCUT2D eigenvalue weighted by Crippen LogP contribution is 2.42. The van der Waals surface area contributed by atoms with Gasteiger partial charge in [-0.15, -0.1) is 0 Å². The minimum absolute atomic E-state index is 0.00884. The van der Waals surface area contributed by atoms with Gasteiger partial charge in [0.1, 0.15) is 11.4 Å². The molecule has 1 saturated carbocycles. The molecule has 1 aromatic heterocycles. The lowest BCUT2D eigenvalue weighted by molar-refractivity contribution is 0.0695. The van der Waals surface area contributed by atoms with E-state index in [1.807, 2.05) is 11.1 Å². The molecule has 0 radical (unpaired) electrons. The number of pyridine rings is 1. The fraction of sp³-hybridized carbons (Fsp3) is 0.500. The summed E-state index contributed by atoms with van der Waals surface area (Å²) in [5.74, 6) is -1.94. The third kappa shape index (κ3) is 3.83. The molecule has 1 N–H and O–H groups in total. The van der Waals surface area contributed by atoms with E-state index in [-0.39, 0.29) is 39.2 Å². The number of aromatic nitrogens is 1. The van der Waals surface area contributed by atoms with Gasteiger partial charge in [0.2, 0.25) is 5.43 Å². The molecular weight excluding hydrogens is 409 g/mol. The molecule has 0 amide bonds. The van der Waals surface area contributed by atoms with Crippen molar-refractivity contribution in [1.29, 1.82) is 0 Å². The van der Waals surface area contributed by atoms with Crippen molar-refractivity contribution in [3.8, 4) is 0 Å². The van der Waals surface area contributed by atoms with Crippen molar-refractivity contribution < 1.29 is 14.3 Å². The number of halogens is 2. The van der Waals surface area contributed by atoms with Gasteiger partial charge in [-0.2, -0.15) is 0 Å². The number of aliphatic imine (C=N–C) groups is 1. The van der Waals surface area contributed by atoms with E-state index in [2.05, 4.69) is 25.8 Å². The third-order valence-corrected chi connectivity index (χ3v) is 5.86. The molecule has 8 heteroatoms. The molecule has 1 atom stereocenters. The summed E-state index contributed by atoms with van der Waals surface area (Å²) in [6.07, 6.45) is 5.80. The zero-order chi connectivity index (χ0) is 21.8. The van der Waals surface area contributed by atoms with Crippen LogP contribution in [0.2, 0.25) is 5.02 Å². The first-order valence-electron chi connectivity index (χ1n) is 10.2. The van der Waals surface area contributed by atoms with Crippen LogP contribution in [0.1, 0.15) is 56.4 Å². The molecule has 1 unspecified atom stereocenters. The molecule has 160 valence electrons. The Labute approximate surface area is 179 Å². The maximum Gasteiger partial charge on any atom is 0.341 e. The smallest absolute Gasteiger partial charge is 0.341 e. The quantitative estimate of drug-likeness (QED) is 0.719. The Kier molecular flexibility index (Phi) is 5.12. The average molecular weight is 434 g/mol. The minimum Gasteiger partial charge on any atom is -0.477 e. The second kappa shape index (κ2) is 7.38. The van der Waals surface area contributed by atoms with Crippen molar-refractivity contribution in [3.05, 3.63) is 38.9 Å². The van der Waals surface area contributed by atoms with E-state index in [9.17, 15) is 14.7 Å². The summed E-state index contributed by atoms with van der Waals surface area (Å²) in [4.78, 5) is 30.7. The fourth-order valence-corrected chi connectivity index (χ4v) is 4.32. The highest BCUT2D eigenvalue weighted by Gasteiger charge is 2.32. The SMILES string of the molecule is CC(C)(C)C=NC1CCN(c2c(F)cc3c(=O)c(C(=O)O)cn(C4CC4)c3c2Cl)C1. The average Bonchev–Trinajstić information content (AvgIpc) is 3.39. The predicted octanol–water partition coefficient (Wildman–Crippen LogP) is 4.52. The van der Waals surface area contributed by atoms with Crippen molar-refractivity contribution in [3.63, 3.8) is 0 Å². The zero-order valence-electron chi connectivity index (χ0n) is 17.3. The van der Waals surface area contributed by atoms with Crippen LogP contribution in [0.15, 0.2) is 22.1 Å². The number of anilines is 1. The van der Waals surface area contributed by atoms with Crippen LogP contribution in [0.5, 0.6) is 0 Å². The van der Waals surface area contributed by atoms with E-state index in [4.69, 9.17) is 11.6 Å². The number of carboxylic acids is 1. The second-order valence-electron chi connectivity index (χ2n) is 9.27. The van der Waals surface area contributed by atoms with Gasteiger partial charge in [0.25, 0.3) is 0 Å². The molecule has 1 saturated heterocycles. The van der Waals surface area contributed by atoms with Crippen LogP contribution in [-0.2, 0) is 0 Å². The third-order valence-electron chi connectivity index (χ3n) is 5.51. The lowest BCUT2D eigenvalue weighted by atomic mass is 9.99. The Morgan fingerprint density at radius 3 is 2.63 bits per heavy atom. The van der Waals surface area contributed by atoms with E-state index in [1.165, 1.54) is 6.20 Å². The molecule has 6 nitrogen and oxygen atoms in total. The van der Waals surface area contributed by atoms with Crippen molar-refractivity contribution in [2.75, 3.05) is 18.0 Å². The first kappa shape index (κ1) is 20.8. The summed E-state index contributed by atoms with van der Waals surface area (Å²) in [6.45, 7) is 7.37. The van der Waals surface area contributed by atoms with Crippen molar-refractivity contribution in [2.45, 2.75) is 52.1 Å². The monoisotopic (exact) mass is 433 g/mol. The molecule has 2 heterocycles. The molecular formula is C22H25ClFN3O3. The van der Waals surface area contributed by atoms with E-state index in [0.29, 0.717) is 18.6 Å². The summed E-state index contributed by atoms with van der Waals surface area (Å²) in [5.41, 5.74) is -0.436. The number of carboxylic acid groups (broad SMARTS) is 1. The van der Waals surface area contributed by atoms with Crippen LogP contribution < -0.4 is 10.3 Å². The highest BCUT2D eigenvalue weighted by atomic mass is 35.5. The van der Waals surface area contributed by atoms with Crippen molar-refractivity contribution in [1.82, 2.24) is 4.57 Å². The molecule has 1 aliphatic heterocycles. The Morgan fingerprint density at radius 1 is 1.33 bits per heavy atom. The fourth-order valence-electron chi connectivity index (χ4n) is 3.91. The second-order valence-corrected chi connectivity index (χ2v) is 9.64. The number of carbonyl (C=O) groups is 1. The first-order valence-corrected chi connectivity index (χ1v) is 10.5. The predicted molar refractivity (Wildman–Crippen MR) is 117 cm³/mol. The van der Waals surface area contributed by atoms with Crippen molar-refractivity contribution in [2.24, 2.45) is 10.4 Å². The molecule has 1 aliphatic carbocycles. The maximum atomic E-state index is 15.1. The molecule has 2 aromatic rings. The number of fused-ring (bicyclic) bond motifs is 1. The van der Waals surface area contributed by atoms with Crippen molar-refractivity contribution >= 4 is 40.4 Å². The van der Waals surface area contributed by atoms with Crippen LogP contribution in [0.4, 0.5) is 10.1 Å². The number of hydrogen-bond acceptors (Lipinski definition) is 4. The van der Waals surface area contributed by atoms with Crippen LogP contribution in [0.25, 0.3) is 10.9 Å². The molecule has 1 aromatic carbocycles. The standard InChI is InChI=1S/C22H25ClFN3O3/c1-22(2,3)11-25-12-6-7-26(9-12)19-16(24)8-14-18(17(19)23)27(13-4-5-13)10-15(20(14)28)21(29)30/h8,10-13H,4-7,9H2,1-3H3,(H,29,30). The number of aromatic carboxylic acids is 1. The largest absolute Gasteiger partial charge is 0.477 e. The Hall–Kier alpha value is -2.41. The summed E-state index contributed by atoms with van der Waals surface area (Å²) >= 11 is 6.68. The summed E-state index contributed by atoms with van der Waals surface area (Å²) in [7, 11) is 0. The van der Waals surface area contributed by atoms with Gasteiger partial charge >= 0.3 is 5.97 Å². The topological polar surface area (TPSA) is 74.9 Å². The summed E-state index contributed by atoms with van der Waals surface area (Å²) < 4.78 is 16.9. The number of benzene rings is 1. The van der Waals surface area contributed by atoms with E-state index in [0.717, 1.165) is 25.3 Å². The molecule has 0 bridgehead atoms. The Morgan fingerprint density at radius 2 is 2.03 bits per heavy atom. The van der Waals surface area contributed by atoms with E-state index < -0.39 is 17.2 Å². The summed E-state index contributed by atoms with van der Waals surface area (Å²) in [6, 6.07) is 1.26. The normalized spacial score (nSPS) is 19.9. The lowest BCUT2D eigenvalue weighted by Crippen LogP contribution is -2.24. The molecule has 2 aliphatic rings. The van der Waals surface area contributed by atoms with Gasteiger partial charge in [-0.25, -0.2) is 9.18 Å². The number of nitrogens with zero attached hydrogens (tertiary/aromatic N) is 3.